The van der Waals surface area contributed by atoms with Gasteiger partial charge in [-0.05, 0) is 56.4 Å². The molecule has 1 fully saturated rings. The van der Waals surface area contributed by atoms with Crippen LogP contribution < -0.4 is 0 Å². The van der Waals surface area contributed by atoms with Gasteiger partial charge in [0.15, 0.2) is 0 Å². The monoisotopic (exact) mass is 394 g/mol. The maximum Gasteiger partial charge on any atom is 0.243 e. The van der Waals surface area contributed by atoms with E-state index in [0.717, 1.165) is 36.8 Å². The average Bonchev–Trinajstić information content (AvgIpc) is 3.43. The lowest BCUT2D eigenvalue weighted by atomic mass is 10.1. The van der Waals surface area contributed by atoms with E-state index in [1.54, 1.807) is 16.4 Å². The average molecular weight is 395 g/mol. The Morgan fingerprint density at radius 1 is 1.07 bits per heavy atom. The molecule has 1 aliphatic carbocycles. The second-order valence-electron chi connectivity index (χ2n) is 7.50. The SMILES string of the molecule is Cc1ccc(S(=O)(=O)N(CC=C2CC2)CCCc2c[nH]c3ccccc23)cc1. The molecule has 0 aliphatic heterocycles. The topological polar surface area (TPSA) is 53.2 Å². The van der Waals surface area contributed by atoms with Crippen LogP contribution in [0.4, 0.5) is 0 Å². The summed E-state index contributed by atoms with van der Waals surface area (Å²) in [4.78, 5) is 3.67. The van der Waals surface area contributed by atoms with Gasteiger partial charge in [0, 0.05) is 30.2 Å². The third-order valence-corrected chi connectivity index (χ3v) is 7.19. The number of allylic oxidation sites excluding steroid dienone is 1. The van der Waals surface area contributed by atoms with Crippen molar-refractivity contribution in [3.8, 4) is 0 Å². The van der Waals surface area contributed by atoms with Crippen LogP contribution >= 0.6 is 0 Å². The van der Waals surface area contributed by atoms with Crippen LogP contribution in [0.5, 0.6) is 0 Å². The lowest BCUT2D eigenvalue weighted by Crippen LogP contribution is -2.32. The summed E-state index contributed by atoms with van der Waals surface area (Å²) in [5, 5.41) is 1.22. The molecule has 146 valence electrons. The Morgan fingerprint density at radius 2 is 1.82 bits per heavy atom. The molecule has 0 amide bonds. The second-order valence-corrected chi connectivity index (χ2v) is 9.44. The maximum absolute atomic E-state index is 13.2. The van der Waals surface area contributed by atoms with Gasteiger partial charge in [-0.1, -0.05) is 47.5 Å². The summed E-state index contributed by atoms with van der Waals surface area (Å²) in [5.41, 5.74) is 4.79. The summed E-state index contributed by atoms with van der Waals surface area (Å²) in [6.07, 6.45) is 7.96. The van der Waals surface area contributed by atoms with Gasteiger partial charge in [0.1, 0.15) is 0 Å². The van der Waals surface area contributed by atoms with Crippen LogP contribution in [-0.4, -0.2) is 30.8 Å². The van der Waals surface area contributed by atoms with Crippen LogP contribution in [0.25, 0.3) is 10.9 Å². The van der Waals surface area contributed by atoms with E-state index in [4.69, 9.17) is 0 Å². The Hall–Kier alpha value is -2.37. The fourth-order valence-corrected chi connectivity index (χ4v) is 4.88. The number of nitrogens with one attached hydrogen (secondary N) is 1. The number of hydrogen-bond donors (Lipinski definition) is 1. The van der Waals surface area contributed by atoms with E-state index < -0.39 is 10.0 Å². The number of aryl methyl sites for hydroxylation is 2. The van der Waals surface area contributed by atoms with Gasteiger partial charge in [-0.2, -0.15) is 4.31 Å². The van der Waals surface area contributed by atoms with Gasteiger partial charge in [0.05, 0.1) is 4.90 Å². The summed E-state index contributed by atoms with van der Waals surface area (Å²) >= 11 is 0. The van der Waals surface area contributed by atoms with Crippen LogP contribution in [0.2, 0.25) is 0 Å². The quantitative estimate of drug-likeness (QED) is 0.557. The van der Waals surface area contributed by atoms with E-state index in [-0.39, 0.29) is 0 Å². The van der Waals surface area contributed by atoms with Gasteiger partial charge in [-0.3, -0.25) is 0 Å². The smallest absolute Gasteiger partial charge is 0.243 e. The van der Waals surface area contributed by atoms with E-state index in [1.807, 2.05) is 37.4 Å². The largest absolute Gasteiger partial charge is 0.361 e. The van der Waals surface area contributed by atoms with Crippen LogP contribution in [0.15, 0.2) is 71.3 Å². The highest BCUT2D eigenvalue weighted by Crippen LogP contribution is 2.28. The molecule has 4 rings (SSSR count). The number of hydrogen-bond acceptors (Lipinski definition) is 2. The summed E-state index contributed by atoms with van der Waals surface area (Å²) in [5.74, 6) is 0. The Labute approximate surface area is 166 Å². The normalized spacial score (nSPS) is 14.0. The molecule has 0 radical (unpaired) electrons. The van der Waals surface area contributed by atoms with Gasteiger partial charge in [0.25, 0.3) is 0 Å². The molecule has 4 nitrogen and oxygen atoms in total. The van der Waals surface area contributed by atoms with E-state index in [9.17, 15) is 8.42 Å². The highest BCUT2D eigenvalue weighted by Gasteiger charge is 2.24. The highest BCUT2D eigenvalue weighted by atomic mass is 32.2. The van der Waals surface area contributed by atoms with Crippen molar-refractivity contribution in [2.75, 3.05) is 13.1 Å². The number of nitrogens with zero attached hydrogens (tertiary/aromatic N) is 1. The van der Waals surface area contributed by atoms with Gasteiger partial charge < -0.3 is 4.98 Å². The number of benzene rings is 2. The number of fused-ring (bicyclic) bond motifs is 1. The Morgan fingerprint density at radius 3 is 2.57 bits per heavy atom. The van der Waals surface area contributed by atoms with Crippen molar-refractivity contribution in [1.29, 1.82) is 0 Å². The predicted molar refractivity (Wildman–Crippen MR) is 114 cm³/mol. The van der Waals surface area contributed by atoms with Crippen molar-refractivity contribution in [3.05, 3.63) is 77.5 Å². The molecule has 0 unspecified atom stereocenters. The molecule has 3 aromatic rings. The molecule has 1 aromatic heterocycles. The van der Waals surface area contributed by atoms with Crippen molar-refractivity contribution in [1.82, 2.24) is 9.29 Å². The van der Waals surface area contributed by atoms with Crippen molar-refractivity contribution in [2.24, 2.45) is 0 Å². The minimum atomic E-state index is -3.49. The minimum absolute atomic E-state index is 0.374. The molecule has 1 aliphatic rings. The number of para-hydroxylation sites is 1. The lowest BCUT2D eigenvalue weighted by molar-refractivity contribution is 0.434. The molecule has 28 heavy (non-hydrogen) atoms. The molecule has 1 N–H and O–H groups in total. The fraction of sp³-hybridized carbons (Fsp3) is 0.304. The Bertz CT molecular complexity index is 1090. The van der Waals surface area contributed by atoms with Crippen LogP contribution in [0.3, 0.4) is 0 Å². The standard InChI is InChI=1S/C23H26N2O2S/c1-18-8-12-21(13-9-18)28(26,27)25(16-14-19-10-11-19)15-4-5-20-17-24-23-7-3-2-6-22(20)23/h2-3,6-9,12-14,17,24H,4-5,10-11,15-16H2,1H3. The summed E-state index contributed by atoms with van der Waals surface area (Å²) in [6, 6.07) is 15.4. The Balaban J connectivity index is 1.49. The van der Waals surface area contributed by atoms with Crippen LogP contribution in [0.1, 0.15) is 30.4 Å². The number of H-pyrrole nitrogens is 1. The first-order chi connectivity index (χ1) is 13.5. The minimum Gasteiger partial charge on any atom is -0.361 e. The number of aromatic nitrogens is 1. The second kappa shape index (κ2) is 7.94. The Kier molecular flexibility index (Phi) is 5.38. The molecule has 2 aromatic carbocycles. The van der Waals surface area contributed by atoms with Crippen molar-refractivity contribution >= 4 is 20.9 Å². The zero-order valence-corrected chi connectivity index (χ0v) is 17.0. The zero-order valence-electron chi connectivity index (χ0n) is 16.2. The summed E-state index contributed by atoms with van der Waals surface area (Å²) in [7, 11) is -3.49. The van der Waals surface area contributed by atoms with Crippen LogP contribution in [0, 0.1) is 6.92 Å². The maximum atomic E-state index is 13.2. The van der Waals surface area contributed by atoms with E-state index >= 15 is 0 Å². The molecule has 1 saturated carbocycles. The first-order valence-electron chi connectivity index (χ1n) is 9.84. The fourth-order valence-electron chi connectivity index (χ4n) is 3.46. The van der Waals surface area contributed by atoms with Crippen molar-refractivity contribution in [3.63, 3.8) is 0 Å². The van der Waals surface area contributed by atoms with Crippen LogP contribution in [-0.2, 0) is 16.4 Å². The lowest BCUT2D eigenvalue weighted by Gasteiger charge is -2.21. The van der Waals surface area contributed by atoms with Gasteiger partial charge in [0.2, 0.25) is 10.0 Å². The first kappa shape index (κ1) is 19.0. The summed E-state index contributed by atoms with van der Waals surface area (Å²) in [6.45, 7) is 2.94. The molecule has 0 saturated heterocycles. The zero-order chi connectivity index (χ0) is 19.6. The molecule has 0 bridgehead atoms. The van der Waals surface area contributed by atoms with Gasteiger partial charge in [-0.25, -0.2) is 8.42 Å². The van der Waals surface area contributed by atoms with E-state index in [2.05, 4.69) is 23.2 Å². The van der Waals surface area contributed by atoms with Gasteiger partial charge in [-0.15, -0.1) is 0 Å². The van der Waals surface area contributed by atoms with Gasteiger partial charge >= 0.3 is 0 Å². The molecule has 5 heteroatoms. The molecule has 1 heterocycles. The molecular formula is C23H26N2O2S. The van der Waals surface area contributed by atoms with Crippen molar-refractivity contribution < 1.29 is 8.42 Å². The van der Waals surface area contributed by atoms with E-state index in [1.165, 1.54) is 16.5 Å². The first-order valence-corrected chi connectivity index (χ1v) is 11.3. The molecular weight excluding hydrogens is 368 g/mol. The van der Waals surface area contributed by atoms with Crippen molar-refractivity contribution in [2.45, 2.75) is 37.5 Å². The molecule has 0 atom stereocenters. The highest BCUT2D eigenvalue weighted by molar-refractivity contribution is 7.89. The third-order valence-electron chi connectivity index (χ3n) is 5.31. The predicted octanol–water partition coefficient (Wildman–Crippen LogP) is 4.82. The molecule has 0 spiro atoms. The number of rotatable bonds is 8. The number of aromatic amines is 1. The number of sulfonamides is 1. The summed E-state index contributed by atoms with van der Waals surface area (Å²) < 4.78 is 28.0. The van der Waals surface area contributed by atoms with E-state index in [0.29, 0.717) is 18.0 Å². The third kappa shape index (κ3) is 4.21.